The van der Waals surface area contributed by atoms with Gasteiger partial charge in [0.05, 0.1) is 11.4 Å². The van der Waals surface area contributed by atoms with E-state index >= 15 is 0 Å². The number of rotatable bonds is 2. The molecule has 1 aromatic carbocycles. The molecule has 0 spiro atoms. The largest absolute Gasteiger partial charge is 0.481 e. The lowest BCUT2D eigenvalue weighted by atomic mass is 10.2. The summed E-state index contributed by atoms with van der Waals surface area (Å²) in [5, 5.41) is 0. The molecule has 0 saturated heterocycles. The molecule has 0 atom stereocenters. The fourth-order valence-electron chi connectivity index (χ4n) is 1.65. The molecule has 5 heteroatoms. The maximum Gasteiger partial charge on any atom is 0.265 e. The number of nitrogens with zero attached hydrogens (tertiary/aromatic N) is 1. The summed E-state index contributed by atoms with van der Waals surface area (Å²) >= 11 is 0. The van der Waals surface area contributed by atoms with Gasteiger partial charge in [-0.3, -0.25) is 4.79 Å². The lowest BCUT2D eigenvalue weighted by molar-refractivity contribution is -0.121. The van der Waals surface area contributed by atoms with Crippen LogP contribution in [0.4, 0.5) is 15.8 Å². The van der Waals surface area contributed by atoms with Gasteiger partial charge >= 0.3 is 0 Å². The Morgan fingerprint density at radius 3 is 3.06 bits per heavy atom. The van der Waals surface area contributed by atoms with Crippen LogP contribution in [0.15, 0.2) is 24.3 Å². The summed E-state index contributed by atoms with van der Waals surface area (Å²) in [5.41, 5.74) is 6.01. The Bertz CT molecular complexity index is 486. The van der Waals surface area contributed by atoms with Crippen LogP contribution in [0.2, 0.25) is 0 Å². The number of halogens is 1. The highest BCUT2D eigenvalue weighted by Crippen LogP contribution is 2.35. The summed E-state index contributed by atoms with van der Waals surface area (Å²) in [7, 11) is 0. The number of amides is 1. The lowest BCUT2D eigenvalue weighted by Crippen LogP contribution is -2.39. The monoisotopic (exact) mass is 236 g/mol. The van der Waals surface area contributed by atoms with E-state index in [4.69, 9.17) is 10.5 Å². The topological polar surface area (TPSA) is 55.6 Å². The standard InChI is InChI=1S/C12H13FN2O2/c1-2-3-4-15-10-6-9(14)8(13)5-11(10)17-7-12(15)16/h2-3,5-6H,4,7,14H2,1H3. The predicted octanol–water partition coefficient (Wildman–Crippen LogP) is 1.71. The molecule has 0 bridgehead atoms. The third-order valence-corrected chi connectivity index (χ3v) is 2.54. The van der Waals surface area contributed by atoms with Crippen molar-refractivity contribution < 1.29 is 13.9 Å². The first-order valence-electron chi connectivity index (χ1n) is 5.27. The minimum Gasteiger partial charge on any atom is -0.481 e. The van der Waals surface area contributed by atoms with Crippen molar-refractivity contribution >= 4 is 17.3 Å². The fraction of sp³-hybridized carbons (Fsp3) is 0.250. The van der Waals surface area contributed by atoms with Gasteiger partial charge < -0.3 is 15.4 Å². The van der Waals surface area contributed by atoms with Crippen LogP contribution in [-0.4, -0.2) is 19.1 Å². The van der Waals surface area contributed by atoms with Crippen LogP contribution in [-0.2, 0) is 4.79 Å². The second-order valence-corrected chi connectivity index (χ2v) is 3.70. The van der Waals surface area contributed by atoms with Crippen molar-refractivity contribution in [1.29, 1.82) is 0 Å². The Hall–Kier alpha value is -2.04. The molecule has 4 nitrogen and oxygen atoms in total. The van der Waals surface area contributed by atoms with Gasteiger partial charge in [-0.25, -0.2) is 4.39 Å². The maximum atomic E-state index is 13.3. The zero-order valence-electron chi connectivity index (χ0n) is 9.44. The highest BCUT2D eigenvalue weighted by atomic mass is 19.1. The van der Waals surface area contributed by atoms with Crippen molar-refractivity contribution in [3.63, 3.8) is 0 Å². The van der Waals surface area contributed by atoms with Gasteiger partial charge in [-0.05, 0) is 13.0 Å². The first-order chi connectivity index (χ1) is 8.13. The third-order valence-electron chi connectivity index (χ3n) is 2.54. The van der Waals surface area contributed by atoms with E-state index in [1.807, 2.05) is 19.1 Å². The van der Waals surface area contributed by atoms with Crippen LogP contribution in [0, 0.1) is 5.82 Å². The van der Waals surface area contributed by atoms with E-state index in [9.17, 15) is 9.18 Å². The molecule has 0 aromatic heterocycles. The van der Waals surface area contributed by atoms with E-state index in [1.165, 1.54) is 17.0 Å². The minimum atomic E-state index is -0.538. The molecule has 0 saturated carbocycles. The van der Waals surface area contributed by atoms with Crippen LogP contribution in [0.3, 0.4) is 0 Å². The number of ether oxygens (including phenoxy) is 1. The molecule has 1 amide bonds. The lowest BCUT2D eigenvalue weighted by Gasteiger charge is -2.28. The van der Waals surface area contributed by atoms with Crippen molar-refractivity contribution in [2.24, 2.45) is 0 Å². The van der Waals surface area contributed by atoms with Gasteiger partial charge in [-0.15, -0.1) is 0 Å². The van der Waals surface area contributed by atoms with E-state index < -0.39 is 5.82 Å². The van der Waals surface area contributed by atoms with Gasteiger partial charge in [-0.2, -0.15) is 0 Å². The average molecular weight is 236 g/mol. The number of fused-ring (bicyclic) bond motifs is 1. The Balaban J connectivity index is 2.43. The number of nitrogens with two attached hydrogens (primary N) is 1. The van der Waals surface area contributed by atoms with Gasteiger partial charge in [-0.1, -0.05) is 12.2 Å². The Kier molecular flexibility index (Phi) is 2.99. The molecular formula is C12H13FN2O2. The number of nitrogen functional groups attached to an aromatic ring is 1. The quantitative estimate of drug-likeness (QED) is 0.628. The second kappa shape index (κ2) is 4.45. The van der Waals surface area contributed by atoms with Gasteiger partial charge in [0.15, 0.2) is 6.61 Å². The van der Waals surface area contributed by atoms with Crippen molar-refractivity contribution in [2.45, 2.75) is 6.92 Å². The number of anilines is 2. The molecule has 0 fully saturated rings. The Morgan fingerprint density at radius 1 is 1.59 bits per heavy atom. The zero-order chi connectivity index (χ0) is 12.4. The van der Waals surface area contributed by atoms with Gasteiger partial charge in [0.1, 0.15) is 11.6 Å². The number of hydrogen-bond donors (Lipinski definition) is 1. The first-order valence-corrected chi connectivity index (χ1v) is 5.27. The fourth-order valence-corrected chi connectivity index (χ4v) is 1.65. The Labute approximate surface area is 98.5 Å². The van der Waals surface area contributed by atoms with E-state index in [1.54, 1.807) is 0 Å². The summed E-state index contributed by atoms with van der Waals surface area (Å²) in [6.07, 6.45) is 3.68. The molecule has 0 aliphatic carbocycles. The van der Waals surface area contributed by atoms with E-state index in [0.29, 0.717) is 18.0 Å². The molecule has 1 aromatic rings. The third kappa shape index (κ3) is 2.08. The molecule has 1 aliphatic rings. The molecular weight excluding hydrogens is 223 g/mol. The number of hydrogen-bond acceptors (Lipinski definition) is 3. The summed E-state index contributed by atoms with van der Waals surface area (Å²) in [5.74, 6) is -0.355. The molecule has 90 valence electrons. The van der Waals surface area contributed by atoms with Crippen LogP contribution >= 0.6 is 0 Å². The van der Waals surface area contributed by atoms with Crippen molar-refractivity contribution in [1.82, 2.24) is 0 Å². The highest BCUT2D eigenvalue weighted by molar-refractivity contribution is 5.98. The number of allylic oxidation sites excluding steroid dienone is 1. The van der Waals surface area contributed by atoms with E-state index in [0.717, 1.165) is 0 Å². The number of carbonyl (C=O) groups is 1. The van der Waals surface area contributed by atoms with Crippen molar-refractivity contribution in [3.8, 4) is 5.75 Å². The second-order valence-electron chi connectivity index (χ2n) is 3.70. The summed E-state index contributed by atoms with van der Waals surface area (Å²) in [6, 6.07) is 2.63. The van der Waals surface area contributed by atoms with Crippen LogP contribution in [0.5, 0.6) is 5.75 Å². The SMILES string of the molecule is CC=CCN1C(=O)COc2cc(F)c(N)cc21. The average Bonchev–Trinajstić information content (AvgIpc) is 2.30. The molecule has 1 heterocycles. The van der Waals surface area contributed by atoms with Crippen LogP contribution in [0.1, 0.15) is 6.92 Å². The molecule has 17 heavy (non-hydrogen) atoms. The van der Waals surface area contributed by atoms with E-state index in [2.05, 4.69) is 0 Å². The van der Waals surface area contributed by atoms with Gasteiger partial charge in [0.2, 0.25) is 0 Å². The Morgan fingerprint density at radius 2 is 2.35 bits per heavy atom. The van der Waals surface area contributed by atoms with E-state index in [-0.39, 0.29) is 18.2 Å². The van der Waals surface area contributed by atoms with Gasteiger partial charge in [0, 0.05) is 12.6 Å². The maximum absolute atomic E-state index is 13.3. The van der Waals surface area contributed by atoms with Crippen LogP contribution in [0.25, 0.3) is 0 Å². The van der Waals surface area contributed by atoms with Crippen LogP contribution < -0.4 is 15.4 Å². The molecule has 1 aliphatic heterocycles. The van der Waals surface area contributed by atoms with Gasteiger partial charge in [0.25, 0.3) is 5.91 Å². The summed E-state index contributed by atoms with van der Waals surface area (Å²) in [4.78, 5) is 13.2. The minimum absolute atomic E-state index is 0.00697. The summed E-state index contributed by atoms with van der Waals surface area (Å²) < 4.78 is 18.4. The molecule has 0 unspecified atom stereocenters. The smallest absolute Gasteiger partial charge is 0.265 e. The number of carbonyl (C=O) groups excluding carboxylic acids is 1. The predicted molar refractivity (Wildman–Crippen MR) is 63.5 cm³/mol. The molecule has 2 rings (SSSR count). The van der Waals surface area contributed by atoms with Crippen molar-refractivity contribution in [3.05, 3.63) is 30.1 Å². The molecule has 2 N–H and O–H groups in total. The highest BCUT2D eigenvalue weighted by Gasteiger charge is 2.25. The molecule has 0 radical (unpaired) electrons. The number of benzene rings is 1. The summed E-state index contributed by atoms with van der Waals surface area (Å²) in [6.45, 7) is 2.22. The zero-order valence-corrected chi connectivity index (χ0v) is 9.44. The van der Waals surface area contributed by atoms with Crippen molar-refractivity contribution in [2.75, 3.05) is 23.8 Å². The first kappa shape index (κ1) is 11.4. The normalized spacial score (nSPS) is 14.9.